The van der Waals surface area contributed by atoms with Crippen LogP contribution in [0.3, 0.4) is 0 Å². The largest absolute Gasteiger partial charge is 0.550 e. The number of carbonyl (C=O) groups is 1. The zero-order valence-corrected chi connectivity index (χ0v) is 17.8. The Balaban J connectivity index is 1.69. The summed E-state index contributed by atoms with van der Waals surface area (Å²) in [6.07, 6.45) is 0.804. The second kappa shape index (κ2) is 9.32. The normalized spacial score (nSPS) is 13.9. The minimum atomic E-state index is -1.14. The van der Waals surface area contributed by atoms with E-state index in [4.69, 9.17) is 4.74 Å². The second-order valence-electron chi connectivity index (χ2n) is 8.73. The van der Waals surface area contributed by atoms with E-state index in [0.717, 1.165) is 17.4 Å². The van der Waals surface area contributed by atoms with Gasteiger partial charge in [-0.25, -0.2) is 0 Å². The highest BCUT2D eigenvalue weighted by atomic mass is 16.5. The SMILES string of the molecule is CC(C)(C)[NH+](Cc1ccccc1)C[C@H](O)COc1cccc2[nH]cc(CC(=O)[O-])c12. The van der Waals surface area contributed by atoms with Gasteiger partial charge < -0.3 is 29.6 Å². The van der Waals surface area contributed by atoms with Crippen molar-refractivity contribution >= 4 is 16.9 Å². The average molecular weight is 411 g/mol. The van der Waals surface area contributed by atoms with Gasteiger partial charge in [0.2, 0.25) is 0 Å². The van der Waals surface area contributed by atoms with Crippen molar-refractivity contribution in [3.8, 4) is 5.75 Å². The molecule has 2 aromatic carbocycles. The van der Waals surface area contributed by atoms with E-state index in [1.807, 2.05) is 30.3 Å². The van der Waals surface area contributed by atoms with Crippen molar-refractivity contribution < 1.29 is 24.6 Å². The molecule has 6 nitrogen and oxygen atoms in total. The van der Waals surface area contributed by atoms with Crippen LogP contribution in [0, 0.1) is 0 Å². The summed E-state index contributed by atoms with van der Waals surface area (Å²) in [5, 5.41) is 22.5. The van der Waals surface area contributed by atoms with Crippen molar-refractivity contribution in [3.63, 3.8) is 0 Å². The quantitative estimate of drug-likeness (QED) is 0.493. The number of carboxylic acid groups (broad SMARTS) is 1. The number of hydrogen-bond donors (Lipinski definition) is 3. The first kappa shape index (κ1) is 21.9. The number of aliphatic hydroxyl groups is 1. The van der Waals surface area contributed by atoms with Gasteiger partial charge in [0, 0.05) is 35.1 Å². The Morgan fingerprint density at radius 1 is 1.17 bits per heavy atom. The Bertz CT molecular complexity index is 976. The smallest absolute Gasteiger partial charge is 0.137 e. The fraction of sp³-hybridized carbons (Fsp3) is 0.375. The van der Waals surface area contributed by atoms with Gasteiger partial charge in [-0.1, -0.05) is 36.4 Å². The maximum absolute atomic E-state index is 11.0. The van der Waals surface area contributed by atoms with Gasteiger partial charge in [-0.05, 0) is 38.5 Å². The lowest BCUT2D eigenvalue weighted by molar-refractivity contribution is -0.962. The first-order valence-electron chi connectivity index (χ1n) is 10.2. The Morgan fingerprint density at radius 3 is 2.57 bits per heavy atom. The monoisotopic (exact) mass is 410 g/mol. The van der Waals surface area contributed by atoms with Crippen molar-refractivity contribution in [1.82, 2.24) is 4.98 Å². The molecular weight excluding hydrogens is 380 g/mol. The summed E-state index contributed by atoms with van der Waals surface area (Å²) in [6.45, 7) is 7.95. The average Bonchev–Trinajstić information content (AvgIpc) is 3.09. The number of benzene rings is 2. The predicted molar refractivity (Wildman–Crippen MR) is 114 cm³/mol. The molecule has 0 aliphatic heterocycles. The first-order valence-corrected chi connectivity index (χ1v) is 10.2. The Labute approximate surface area is 177 Å². The van der Waals surface area contributed by atoms with Gasteiger partial charge in [0.15, 0.2) is 0 Å². The minimum Gasteiger partial charge on any atom is -0.550 e. The predicted octanol–water partition coefficient (Wildman–Crippen LogP) is 1.08. The van der Waals surface area contributed by atoms with Gasteiger partial charge in [-0.3, -0.25) is 0 Å². The number of carbonyl (C=O) groups excluding carboxylic acids is 1. The molecular formula is C24H30N2O4. The Morgan fingerprint density at radius 2 is 1.90 bits per heavy atom. The number of H-pyrrole nitrogens is 1. The van der Waals surface area contributed by atoms with Gasteiger partial charge in [0.05, 0.1) is 5.54 Å². The third-order valence-corrected chi connectivity index (χ3v) is 5.32. The molecule has 1 unspecified atom stereocenters. The van der Waals surface area contributed by atoms with Crippen LogP contribution in [-0.4, -0.2) is 40.9 Å². The van der Waals surface area contributed by atoms with E-state index in [9.17, 15) is 15.0 Å². The van der Waals surface area contributed by atoms with Gasteiger partial charge in [-0.2, -0.15) is 0 Å². The fourth-order valence-electron chi connectivity index (χ4n) is 3.65. The molecule has 3 rings (SSSR count). The molecule has 3 N–H and O–H groups in total. The van der Waals surface area contributed by atoms with Crippen molar-refractivity contribution in [3.05, 3.63) is 65.9 Å². The molecule has 0 aliphatic carbocycles. The van der Waals surface area contributed by atoms with Crippen LogP contribution in [0.2, 0.25) is 0 Å². The zero-order valence-electron chi connectivity index (χ0n) is 17.8. The molecule has 30 heavy (non-hydrogen) atoms. The summed E-state index contributed by atoms with van der Waals surface area (Å²) in [7, 11) is 0. The number of fused-ring (bicyclic) bond motifs is 1. The highest BCUT2D eigenvalue weighted by molar-refractivity contribution is 5.91. The van der Waals surface area contributed by atoms with E-state index in [1.165, 1.54) is 10.5 Å². The van der Waals surface area contributed by atoms with Crippen molar-refractivity contribution in [1.29, 1.82) is 0 Å². The number of carboxylic acids is 1. The fourth-order valence-corrected chi connectivity index (χ4v) is 3.65. The van der Waals surface area contributed by atoms with Crippen LogP contribution in [0.25, 0.3) is 10.9 Å². The van der Waals surface area contributed by atoms with E-state index < -0.39 is 12.1 Å². The third-order valence-electron chi connectivity index (χ3n) is 5.32. The lowest BCUT2D eigenvalue weighted by atomic mass is 10.0. The number of rotatable bonds is 9. The topological polar surface area (TPSA) is 89.8 Å². The van der Waals surface area contributed by atoms with Crippen LogP contribution in [-0.2, 0) is 17.8 Å². The van der Waals surface area contributed by atoms with Crippen molar-refractivity contribution in [2.45, 2.75) is 45.4 Å². The first-order chi connectivity index (χ1) is 14.2. The third kappa shape index (κ3) is 5.62. The molecule has 0 bridgehead atoms. The molecule has 3 aromatic rings. The number of ether oxygens (including phenoxy) is 1. The summed E-state index contributed by atoms with van der Waals surface area (Å²) in [5.41, 5.74) is 2.59. The van der Waals surface area contributed by atoms with Crippen LogP contribution in [0.5, 0.6) is 5.75 Å². The molecule has 0 saturated heterocycles. The highest BCUT2D eigenvalue weighted by Gasteiger charge is 2.28. The molecule has 0 fully saturated rings. The van der Waals surface area contributed by atoms with E-state index in [-0.39, 0.29) is 18.6 Å². The summed E-state index contributed by atoms with van der Waals surface area (Å²) in [4.78, 5) is 15.4. The van der Waals surface area contributed by atoms with E-state index >= 15 is 0 Å². The maximum Gasteiger partial charge on any atom is 0.137 e. The molecule has 0 spiro atoms. The van der Waals surface area contributed by atoms with Crippen LogP contribution in [0.1, 0.15) is 31.9 Å². The summed E-state index contributed by atoms with van der Waals surface area (Å²) in [6, 6.07) is 15.7. The number of aliphatic hydroxyl groups excluding tert-OH is 1. The van der Waals surface area contributed by atoms with Gasteiger partial charge in [-0.15, -0.1) is 0 Å². The summed E-state index contributed by atoms with van der Waals surface area (Å²) >= 11 is 0. The van der Waals surface area contributed by atoms with E-state index in [0.29, 0.717) is 17.9 Å². The van der Waals surface area contributed by atoms with Crippen LogP contribution < -0.4 is 14.7 Å². The molecule has 1 heterocycles. The van der Waals surface area contributed by atoms with E-state index in [2.05, 4.69) is 37.9 Å². The molecule has 0 saturated carbocycles. The summed E-state index contributed by atoms with van der Waals surface area (Å²) in [5.74, 6) is -0.583. The maximum atomic E-state index is 11.0. The molecule has 0 amide bonds. The Kier molecular flexibility index (Phi) is 6.80. The van der Waals surface area contributed by atoms with Crippen molar-refractivity contribution in [2.75, 3.05) is 13.2 Å². The standard InChI is InChI=1S/C24H30N2O4/c1-24(2,3)26(14-17-8-5-4-6-9-17)15-19(27)16-30-21-11-7-10-20-23(21)18(13-25-20)12-22(28)29/h4-11,13,19,25,27H,12,14-16H2,1-3H3,(H,28,29)/t19-/m0/s1. The van der Waals surface area contributed by atoms with Crippen LogP contribution >= 0.6 is 0 Å². The number of hydrogen-bond acceptors (Lipinski definition) is 4. The molecule has 160 valence electrons. The molecule has 1 aromatic heterocycles. The van der Waals surface area contributed by atoms with Gasteiger partial charge in [0.25, 0.3) is 0 Å². The highest BCUT2D eigenvalue weighted by Crippen LogP contribution is 2.29. The number of aromatic nitrogens is 1. The van der Waals surface area contributed by atoms with Gasteiger partial charge >= 0.3 is 0 Å². The second-order valence-corrected chi connectivity index (χ2v) is 8.73. The zero-order chi connectivity index (χ0) is 21.7. The van der Waals surface area contributed by atoms with Crippen LogP contribution in [0.4, 0.5) is 0 Å². The van der Waals surface area contributed by atoms with Gasteiger partial charge in [0.1, 0.15) is 31.5 Å². The summed E-state index contributed by atoms with van der Waals surface area (Å²) < 4.78 is 5.93. The molecule has 0 aliphatic rings. The molecule has 2 atom stereocenters. The molecule has 0 radical (unpaired) electrons. The lowest BCUT2D eigenvalue weighted by Crippen LogP contribution is -3.18. The Hall–Kier alpha value is -2.83. The number of quaternary nitrogens is 1. The lowest BCUT2D eigenvalue weighted by Gasteiger charge is -2.34. The number of aromatic amines is 1. The molecule has 6 heteroatoms. The number of aliphatic carboxylic acids is 1. The van der Waals surface area contributed by atoms with Crippen molar-refractivity contribution in [2.24, 2.45) is 0 Å². The minimum absolute atomic E-state index is 0.0425. The van der Waals surface area contributed by atoms with Crippen LogP contribution in [0.15, 0.2) is 54.7 Å². The number of nitrogens with one attached hydrogen (secondary N) is 2. The van der Waals surface area contributed by atoms with E-state index in [1.54, 1.807) is 12.3 Å².